The van der Waals surface area contributed by atoms with Gasteiger partial charge in [-0.05, 0) is 24.3 Å². The van der Waals surface area contributed by atoms with Crippen LogP contribution in [0.15, 0.2) is 71.7 Å². The molecule has 4 rings (SSSR count). The molecule has 28 heavy (non-hydrogen) atoms. The number of benzene rings is 2. The molecule has 0 saturated carbocycles. The Hall–Kier alpha value is -4.00. The average molecular weight is 375 g/mol. The van der Waals surface area contributed by atoms with Gasteiger partial charge >= 0.3 is 5.97 Å². The Balaban J connectivity index is 1.98. The Morgan fingerprint density at radius 3 is 2.50 bits per heavy atom. The first kappa shape index (κ1) is 17.4. The van der Waals surface area contributed by atoms with Crippen molar-refractivity contribution in [2.45, 2.75) is 0 Å². The van der Waals surface area contributed by atoms with Crippen LogP contribution in [0, 0.1) is 5.82 Å². The van der Waals surface area contributed by atoms with E-state index in [1.165, 1.54) is 24.4 Å². The maximum atomic E-state index is 14.6. The van der Waals surface area contributed by atoms with E-state index in [4.69, 9.17) is 0 Å². The van der Waals surface area contributed by atoms with Crippen LogP contribution in [0.5, 0.6) is 0 Å². The summed E-state index contributed by atoms with van der Waals surface area (Å²) in [5.74, 6) is -1.29. The molecule has 0 bridgehead atoms. The molecule has 7 heteroatoms. The van der Waals surface area contributed by atoms with Crippen molar-refractivity contribution in [1.82, 2.24) is 15.0 Å². The maximum absolute atomic E-state index is 14.6. The lowest BCUT2D eigenvalue weighted by atomic mass is 10.0. The molecular formula is C21H14FN3O3. The summed E-state index contributed by atoms with van der Waals surface area (Å²) in [6.45, 7) is 0. The largest absolute Gasteiger partial charge is 0.478 e. The van der Waals surface area contributed by atoms with Crippen molar-refractivity contribution in [3.8, 4) is 33.9 Å². The molecule has 3 N–H and O–H groups in total. The summed E-state index contributed by atoms with van der Waals surface area (Å²) < 4.78 is 14.6. The van der Waals surface area contributed by atoms with Crippen LogP contribution in [0.4, 0.5) is 4.39 Å². The van der Waals surface area contributed by atoms with Crippen LogP contribution >= 0.6 is 0 Å². The van der Waals surface area contributed by atoms with Crippen LogP contribution in [0.2, 0.25) is 0 Å². The fourth-order valence-corrected chi connectivity index (χ4v) is 2.95. The lowest BCUT2D eigenvalue weighted by Crippen LogP contribution is -2.03. The second-order valence-corrected chi connectivity index (χ2v) is 6.12. The van der Waals surface area contributed by atoms with Crippen LogP contribution < -0.4 is 5.56 Å². The van der Waals surface area contributed by atoms with Crippen LogP contribution in [-0.4, -0.2) is 26.0 Å². The number of aromatic nitrogens is 3. The number of nitrogens with one attached hydrogen (secondary N) is 2. The third-order valence-electron chi connectivity index (χ3n) is 4.28. The molecule has 0 atom stereocenters. The second kappa shape index (κ2) is 6.96. The highest BCUT2D eigenvalue weighted by Gasteiger charge is 2.19. The van der Waals surface area contributed by atoms with Gasteiger partial charge in [0.1, 0.15) is 11.6 Å². The molecule has 2 heterocycles. The van der Waals surface area contributed by atoms with Gasteiger partial charge in [0.2, 0.25) is 5.56 Å². The summed E-state index contributed by atoms with van der Waals surface area (Å²) in [4.78, 5) is 33.3. The number of aromatic amines is 2. The van der Waals surface area contributed by atoms with E-state index in [2.05, 4.69) is 15.0 Å². The van der Waals surface area contributed by atoms with Crippen molar-refractivity contribution in [3.63, 3.8) is 0 Å². The predicted octanol–water partition coefficient (Wildman–Crippen LogP) is 3.94. The van der Waals surface area contributed by atoms with Gasteiger partial charge in [-0.1, -0.05) is 30.3 Å². The highest BCUT2D eigenvalue weighted by molar-refractivity contribution is 5.90. The van der Waals surface area contributed by atoms with Crippen molar-refractivity contribution in [3.05, 3.63) is 88.6 Å². The number of halogens is 1. The summed E-state index contributed by atoms with van der Waals surface area (Å²) in [5.41, 5.74) is 1.59. The minimum absolute atomic E-state index is 0.0517. The first-order chi connectivity index (χ1) is 13.5. The summed E-state index contributed by atoms with van der Waals surface area (Å²) in [7, 11) is 0. The SMILES string of the molecule is O=C(O)c1ccc(F)c(-c2[nH]c(-c3ccccc3)nc2-c2cc[nH]c(=O)c2)c1. The number of pyridine rings is 1. The maximum Gasteiger partial charge on any atom is 0.335 e. The van der Waals surface area contributed by atoms with E-state index in [1.807, 2.05) is 30.3 Å². The highest BCUT2D eigenvalue weighted by Crippen LogP contribution is 2.34. The van der Waals surface area contributed by atoms with E-state index >= 15 is 0 Å². The Bertz CT molecular complexity index is 1230. The molecule has 0 unspecified atom stereocenters. The van der Waals surface area contributed by atoms with E-state index < -0.39 is 11.8 Å². The number of hydrogen-bond acceptors (Lipinski definition) is 3. The van der Waals surface area contributed by atoms with Crippen LogP contribution in [0.1, 0.15) is 10.4 Å². The number of H-pyrrole nitrogens is 2. The minimum Gasteiger partial charge on any atom is -0.478 e. The quantitative estimate of drug-likeness (QED) is 0.503. The third-order valence-corrected chi connectivity index (χ3v) is 4.28. The number of hydrogen-bond donors (Lipinski definition) is 3. The zero-order valence-corrected chi connectivity index (χ0v) is 14.4. The lowest BCUT2D eigenvalue weighted by Gasteiger charge is -2.06. The van der Waals surface area contributed by atoms with E-state index in [9.17, 15) is 19.1 Å². The number of aromatic carboxylic acids is 1. The van der Waals surface area contributed by atoms with Crippen molar-refractivity contribution in [2.24, 2.45) is 0 Å². The number of carboxylic acid groups (broad SMARTS) is 1. The first-order valence-corrected chi connectivity index (χ1v) is 8.40. The van der Waals surface area contributed by atoms with Gasteiger partial charge in [-0.15, -0.1) is 0 Å². The zero-order chi connectivity index (χ0) is 19.7. The molecule has 0 aliphatic carbocycles. The molecule has 0 aliphatic heterocycles. The van der Waals surface area contributed by atoms with Crippen LogP contribution in [0.3, 0.4) is 0 Å². The number of carbonyl (C=O) groups is 1. The standard InChI is InChI=1S/C21H14FN3O3/c22-16-7-6-14(21(27)28)10-15(16)19-18(13-8-9-23-17(26)11-13)24-20(25-19)12-4-2-1-3-5-12/h1-11H,(H,23,26)(H,24,25)(H,27,28). The molecule has 2 aromatic heterocycles. The number of carboxylic acids is 1. The van der Waals surface area contributed by atoms with Crippen molar-refractivity contribution in [2.75, 3.05) is 0 Å². The topological polar surface area (TPSA) is 98.8 Å². The monoisotopic (exact) mass is 375 g/mol. The molecule has 4 aromatic rings. The molecule has 0 amide bonds. The Labute approximate surface area is 158 Å². The smallest absolute Gasteiger partial charge is 0.335 e. The van der Waals surface area contributed by atoms with Gasteiger partial charge in [0.15, 0.2) is 0 Å². The Morgan fingerprint density at radius 1 is 1.00 bits per heavy atom. The predicted molar refractivity (Wildman–Crippen MR) is 102 cm³/mol. The molecule has 0 aliphatic rings. The third kappa shape index (κ3) is 3.21. The number of rotatable bonds is 4. The van der Waals surface area contributed by atoms with E-state index in [0.717, 1.165) is 11.6 Å². The fourth-order valence-electron chi connectivity index (χ4n) is 2.95. The van der Waals surface area contributed by atoms with Crippen molar-refractivity contribution >= 4 is 5.97 Å². The highest BCUT2D eigenvalue weighted by atomic mass is 19.1. The Morgan fingerprint density at radius 2 is 1.79 bits per heavy atom. The number of imidazole rings is 1. The van der Waals surface area contributed by atoms with E-state index in [-0.39, 0.29) is 16.7 Å². The minimum atomic E-state index is -1.17. The first-order valence-electron chi connectivity index (χ1n) is 8.40. The van der Waals surface area contributed by atoms with Crippen LogP contribution in [0.25, 0.3) is 33.9 Å². The molecule has 0 spiro atoms. The normalized spacial score (nSPS) is 10.8. The molecule has 0 radical (unpaired) electrons. The molecule has 0 fully saturated rings. The van der Waals surface area contributed by atoms with Gasteiger partial charge in [0, 0.05) is 29.0 Å². The molecule has 2 aromatic carbocycles. The summed E-state index contributed by atoms with van der Waals surface area (Å²) in [5, 5.41) is 9.26. The van der Waals surface area contributed by atoms with Crippen LogP contribution in [-0.2, 0) is 0 Å². The summed E-state index contributed by atoms with van der Waals surface area (Å²) >= 11 is 0. The number of nitrogens with zero attached hydrogens (tertiary/aromatic N) is 1. The lowest BCUT2D eigenvalue weighted by molar-refractivity contribution is 0.0697. The van der Waals surface area contributed by atoms with E-state index in [0.29, 0.717) is 22.8 Å². The fraction of sp³-hybridized carbons (Fsp3) is 0. The van der Waals surface area contributed by atoms with Gasteiger partial charge in [-0.25, -0.2) is 14.2 Å². The van der Waals surface area contributed by atoms with Crippen molar-refractivity contribution in [1.29, 1.82) is 0 Å². The summed E-state index contributed by atoms with van der Waals surface area (Å²) in [6.07, 6.45) is 1.47. The summed E-state index contributed by atoms with van der Waals surface area (Å²) in [6, 6.07) is 15.8. The molecule has 0 saturated heterocycles. The average Bonchev–Trinajstić information content (AvgIpc) is 3.14. The molecule has 6 nitrogen and oxygen atoms in total. The van der Waals surface area contributed by atoms with E-state index in [1.54, 1.807) is 6.07 Å². The molecule has 138 valence electrons. The van der Waals surface area contributed by atoms with Gasteiger partial charge in [0.05, 0.1) is 17.0 Å². The van der Waals surface area contributed by atoms with Crippen molar-refractivity contribution < 1.29 is 14.3 Å². The van der Waals surface area contributed by atoms with Gasteiger partial charge in [-0.2, -0.15) is 0 Å². The van der Waals surface area contributed by atoms with Gasteiger partial charge in [-0.3, -0.25) is 4.79 Å². The second-order valence-electron chi connectivity index (χ2n) is 6.12. The Kier molecular flexibility index (Phi) is 4.33. The zero-order valence-electron chi connectivity index (χ0n) is 14.4. The van der Waals surface area contributed by atoms with Gasteiger partial charge < -0.3 is 15.1 Å². The molecular weight excluding hydrogens is 361 g/mol. The van der Waals surface area contributed by atoms with Gasteiger partial charge in [0.25, 0.3) is 0 Å².